The maximum atomic E-state index is 12.4. The number of carbonyl (C=O) groups is 1. The first-order chi connectivity index (χ1) is 14.5. The molecule has 0 unspecified atom stereocenters. The first-order valence-corrected chi connectivity index (χ1v) is 9.75. The van der Waals surface area contributed by atoms with Gasteiger partial charge in [-0.25, -0.2) is 0 Å². The van der Waals surface area contributed by atoms with Crippen molar-refractivity contribution in [3.63, 3.8) is 0 Å². The quantitative estimate of drug-likeness (QED) is 0.542. The molecule has 158 valence electrons. The largest absolute Gasteiger partial charge is 0.497 e. The average Bonchev–Trinajstić information content (AvgIpc) is 3.26. The number of carbonyl (C=O) groups excluding carboxylic acids is 1. The molecular formula is C23H27N3O4. The third-order valence-electron chi connectivity index (χ3n) is 4.80. The second-order valence-electron chi connectivity index (χ2n) is 7.06. The molecule has 7 heteroatoms. The zero-order valence-corrected chi connectivity index (χ0v) is 17.8. The Morgan fingerprint density at radius 2 is 1.83 bits per heavy atom. The fourth-order valence-corrected chi connectivity index (χ4v) is 3.06. The molecule has 3 rings (SSSR count). The number of aryl methyl sites for hydroxylation is 1. The molecule has 7 nitrogen and oxygen atoms in total. The van der Waals surface area contributed by atoms with Crippen LogP contribution in [0.2, 0.25) is 0 Å². The van der Waals surface area contributed by atoms with Gasteiger partial charge in [0.2, 0.25) is 0 Å². The minimum atomic E-state index is -0.269. The highest BCUT2D eigenvalue weighted by Gasteiger charge is 2.17. The van der Waals surface area contributed by atoms with Crippen LogP contribution in [0.4, 0.5) is 5.69 Å². The van der Waals surface area contributed by atoms with Gasteiger partial charge in [-0.15, -0.1) is 0 Å². The summed E-state index contributed by atoms with van der Waals surface area (Å²) < 4.78 is 16.0. The van der Waals surface area contributed by atoms with E-state index in [1.54, 1.807) is 38.5 Å². The van der Waals surface area contributed by atoms with Gasteiger partial charge in [0.05, 0.1) is 19.8 Å². The average molecular weight is 409 g/mol. The molecule has 0 saturated carbocycles. The van der Waals surface area contributed by atoms with E-state index in [9.17, 15) is 4.79 Å². The van der Waals surface area contributed by atoms with Crippen LogP contribution in [-0.4, -0.2) is 45.9 Å². The van der Waals surface area contributed by atoms with Crippen molar-refractivity contribution in [2.75, 3.05) is 39.8 Å². The van der Waals surface area contributed by atoms with Crippen molar-refractivity contribution in [2.24, 2.45) is 0 Å². The normalized spacial score (nSPS) is 10.5. The highest BCUT2D eigenvalue weighted by molar-refractivity contribution is 5.93. The van der Waals surface area contributed by atoms with Crippen molar-refractivity contribution in [2.45, 2.75) is 12.8 Å². The fraction of sp³-hybridized carbons (Fsp3) is 0.304. The zero-order valence-electron chi connectivity index (χ0n) is 17.8. The molecule has 0 spiro atoms. The van der Waals surface area contributed by atoms with Crippen LogP contribution in [0.15, 0.2) is 53.1 Å². The van der Waals surface area contributed by atoms with Crippen molar-refractivity contribution < 1.29 is 18.8 Å². The molecule has 2 aromatic carbocycles. The summed E-state index contributed by atoms with van der Waals surface area (Å²) in [6, 6.07) is 15.4. The van der Waals surface area contributed by atoms with Gasteiger partial charge in [0.1, 0.15) is 11.5 Å². The third kappa shape index (κ3) is 5.11. The van der Waals surface area contributed by atoms with E-state index in [0.717, 1.165) is 12.8 Å². The van der Waals surface area contributed by atoms with Crippen molar-refractivity contribution in [3.8, 4) is 22.8 Å². The standard InChI is InChI=1S/C23H27N3O4/c1-26(2)17-9-7-16(8-10-17)6-5-13-24-23(27)20-15-22(30-25-20)19-14-18(28-3)11-12-21(19)29-4/h7-12,14-15H,5-6,13H2,1-4H3,(H,24,27). The van der Waals surface area contributed by atoms with E-state index in [2.05, 4.69) is 39.6 Å². The van der Waals surface area contributed by atoms with Gasteiger partial charge in [-0.05, 0) is 48.7 Å². The number of nitrogens with zero attached hydrogens (tertiary/aromatic N) is 2. The SMILES string of the molecule is COc1ccc(OC)c(-c2cc(C(=O)NCCCc3ccc(N(C)C)cc3)no2)c1. The lowest BCUT2D eigenvalue weighted by Gasteiger charge is -2.12. The number of aromatic nitrogens is 1. The van der Waals surface area contributed by atoms with Crippen LogP contribution in [0.3, 0.4) is 0 Å². The Bertz CT molecular complexity index is 980. The van der Waals surface area contributed by atoms with Crippen LogP contribution in [0.5, 0.6) is 11.5 Å². The molecule has 0 aliphatic rings. The predicted molar refractivity (Wildman–Crippen MR) is 116 cm³/mol. The topological polar surface area (TPSA) is 76.8 Å². The van der Waals surface area contributed by atoms with Crippen LogP contribution in [0, 0.1) is 0 Å². The van der Waals surface area contributed by atoms with Crippen molar-refractivity contribution >= 4 is 11.6 Å². The Kier molecular flexibility index (Phi) is 6.95. The second kappa shape index (κ2) is 9.82. The van der Waals surface area contributed by atoms with Gasteiger partial charge in [0.15, 0.2) is 11.5 Å². The fourth-order valence-electron chi connectivity index (χ4n) is 3.06. The number of nitrogens with one attached hydrogen (secondary N) is 1. The summed E-state index contributed by atoms with van der Waals surface area (Å²) >= 11 is 0. The van der Waals surface area contributed by atoms with Crippen LogP contribution in [0.1, 0.15) is 22.5 Å². The van der Waals surface area contributed by atoms with Gasteiger partial charge in [-0.1, -0.05) is 17.3 Å². The Hall–Kier alpha value is -3.48. The Balaban J connectivity index is 1.55. The number of hydrogen-bond donors (Lipinski definition) is 1. The number of hydrogen-bond acceptors (Lipinski definition) is 6. The Labute approximate surface area is 176 Å². The molecule has 30 heavy (non-hydrogen) atoms. The van der Waals surface area contributed by atoms with E-state index < -0.39 is 0 Å². The molecule has 1 heterocycles. The lowest BCUT2D eigenvalue weighted by molar-refractivity contribution is 0.0944. The molecule has 0 aliphatic heterocycles. The van der Waals surface area contributed by atoms with Gasteiger partial charge in [-0.3, -0.25) is 4.79 Å². The number of rotatable bonds is 9. The van der Waals surface area contributed by atoms with Crippen LogP contribution in [-0.2, 0) is 6.42 Å². The van der Waals surface area contributed by atoms with Crippen molar-refractivity contribution in [1.29, 1.82) is 0 Å². The highest BCUT2D eigenvalue weighted by atomic mass is 16.5. The van der Waals surface area contributed by atoms with Crippen LogP contribution in [0.25, 0.3) is 11.3 Å². The van der Waals surface area contributed by atoms with Gasteiger partial charge in [0.25, 0.3) is 5.91 Å². The van der Waals surface area contributed by atoms with E-state index in [1.165, 1.54) is 11.3 Å². The van der Waals surface area contributed by atoms with E-state index in [4.69, 9.17) is 14.0 Å². The Morgan fingerprint density at radius 1 is 1.07 bits per heavy atom. The smallest absolute Gasteiger partial charge is 0.273 e. The van der Waals surface area contributed by atoms with Gasteiger partial charge < -0.3 is 24.2 Å². The summed E-state index contributed by atoms with van der Waals surface area (Å²) in [5.74, 6) is 1.44. The van der Waals surface area contributed by atoms with E-state index in [0.29, 0.717) is 29.4 Å². The number of anilines is 1. The number of amides is 1. The van der Waals surface area contributed by atoms with E-state index in [1.807, 2.05) is 14.1 Å². The van der Waals surface area contributed by atoms with Gasteiger partial charge >= 0.3 is 0 Å². The third-order valence-corrected chi connectivity index (χ3v) is 4.80. The number of benzene rings is 2. The molecule has 0 bridgehead atoms. The van der Waals surface area contributed by atoms with Crippen molar-refractivity contribution in [3.05, 3.63) is 59.8 Å². The monoisotopic (exact) mass is 409 g/mol. The summed E-state index contributed by atoms with van der Waals surface area (Å²) in [5.41, 5.74) is 3.31. The predicted octanol–water partition coefficient (Wildman–Crippen LogP) is 3.79. The highest BCUT2D eigenvalue weighted by Crippen LogP contribution is 2.33. The molecule has 1 N–H and O–H groups in total. The van der Waals surface area contributed by atoms with E-state index in [-0.39, 0.29) is 11.6 Å². The van der Waals surface area contributed by atoms with Gasteiger partial charge in [0, 0.05) is 32.4 Å². The summed E-state index contributed by atoms with van der Waals surface area (Å²) in [6.07, 6.45) is 1.72. The summed E-state index contributed by atoms with van der Waals surface area (Å²) in [7, 11) is 7.19. The van der Waals surface area contributed by atoms with Crippen LogP contribution < -0.4 is 19.7 Å². The minimum absolute atomic E-state index is 0.227. The number of ether oxygens (including phenoxy) is 2. The van der Waals surface area contributed by atoms with Crippen molar-refractivity contribution in [1.82, 2.24) is 10.5 Å². The summed E-state index contributed by atoms with van der Waals surface area (Å²) in [6.45, 7) is 0.555. The Morgan fingerprint density at radius 3 is 2.50 bits per heavy atom. The van der Waals surface area contributed by atoms with E-state index >= 15 is 0 Å². The lowest BCUT2D eigenvalue weighted by atomic mass is 10.1. The maximum absolute atomic E-state index is 12.4. The molecule has 1 amide bonds. The molecule has 0 fully saturated rings. The first-order valence-electron chi connectivity index (χ1n) is 9.75. The summed E-state index contributed by atoms with van der Waals surface area (Å²) in [4.78, 5) is 14.5. The number of methoxy groups -OCH3 is 2. The first kappa shape index (κ1) is 21.2. The molecule has 0 aliphatic carbocycles. The maximum Gasteiger partial charge on any atom is 0.273 e. The second-order valence-corrected chi connectivity index (χ2v) is 7.06. The minimum Gasteiger partial charge on any atom is -0.497 e. The zero-order chi connectivity index (χ0) is 21.5. The molecule has 0 radical (unpaired) electrons. The molecule has 1 aromatic heterocycles. The lowest BCUT2D eigenvalue weighted by Crippen LogP contribution is -2.25. The van der Waals surface area contributed by atoms with Crippen LogP contribution >= 0.6 is 0 Å². The molecular weight excluding hydrogens is 382 g/mol. The molecule has 0 saturated heterocycles. The summed E-state index contributed by atoms with van der Waals surface area (Å²) in [5, 5.41) is 6.79. The molecule has 3 aromatic rings. The molecule has 0 atom stereocenters. The van der Waals surface area contributed by atoms with Gasteiger partial charge in [-0.2, -0.15) is 0 Å².